The third-order valence-electron chi connectivity index (χ3n) is 1.77. The van der Waals surface area contributed by atoms with Crippen molar-refractivity contribution in [2.75, 3.05) is 24.3 Å². The lowest BCUT2D eigenvalue weighted by molar-refractivity contribution is 0.0956. The minimum atomic E-state index is -0.905. The van der Waals surface area contributed by atoms with Crippen molar-refractivity contribution in [3.8, 4) is 0 Å². The zero-order valence-electron chi connectivity index (χ0n) is 8.40. The topological polar surface area (TPSA) is 85.1 Å². The summed E-state index contributed by atoms with van der Waals surface area (Å²) >= 11 is 0. The summed E-state index contributed by atoms with van der Waals surface area (Å²) in [6.07, 6.45) is 4.52. The van der Waals surface area contributed by atoms with Gasteiger partial charge in [-0.1, -0.05) is 0 Å². The number of nitrogens with one attached hydrogen (secondary N) is 1. The lowest BCUT2D eigenvalue weighted by atomic mass is 10.2. The molecule has 0 aliphatic carbocycles. The summed E-state index contributed by atoms with van der Waals surface area (Å²) in [4.78, 5) is 15.3. The van der Waals surface area contributed by atoms with Crippen molar-refractivity contribution in [1.29, 1.82) is 0 Å². The number of nitrogens with zero attached hydrogens (tertiary/aromatic N) is 1. The quantitative estimate of drug-likeness (QED) is 0.744. The molecule has 3 N–H and O–H groups in total. The van der Waals surface area contributed by atoms with Crippen LogP contribution in [0, 0.1) is 0 Å². The summed E-state index contributed by atoms with van der Waals surface area (Å²) in [5.41, 5.74) is 6.33. The maximum atomic E-state index is 11.5. The van der Waals surface area contributed by atoms with Crippen molar-refractivity contribution in [3.63, 3.8) is 0 Å². The van der Waals surface area contributed by atoms with Crippen molar-refractivity contribution in [2.24, 2.45) is 0 Å². The predicted octanol–water partition coefficient (Wildman–Crippen LogP) is -0.228. The Morgan fingerprint density at radius 1 is 1.67 bits per heavy atom. The fraction of sp³-hybridized carbons (Fsp3) is 0.333. The number of carbonyl (C=O) groups excluding carboxylic acids is 1. The van der Waals surface area contributed by atoms with Crippen LogP contribution in [0.2, 0.25) is 0 Å². The highest BCUT2D eigenvalue weighted by atomic mass is 32.2. The smallest absolute Gasteiger partial charge is 0.254 e. The Morgan fingerprint density at radius 3 is 3.00 bits per heavy atom. The van der Waals surface area contributed by atoms with Crippen LogP contribution >= 0.6 is 0 Å². The normalized spacial score (nSPS) is 12.1. The molecule has 1 amide bonds. The summed E-state index contributed by atoms with van der Waals surface area (Å²) in [5.74, 6) is 0.150. The van der Waals surface area contributed by atoms with Gasteiger partial charge < -0.3 is 11.1 Å². The second-order valence-corrected chi connectivity index (χ2v) is 4.55. The number of aromatic nitrogens is 1. The molecule has 1 atom stereocenters. The number of pyridine rings is 1. The van der Waals surface area contributed by atoms with Crippen LogP contribution in [-0.4, -0.2) is 33.7 Å². The van der Waals surface area contributed by atoms with Crippen molar-refractivity contribution in [2.45, 2.75) is 0 Å². The van der Waals surface area contributed by atoms with Crippen LogP contribution in [0.15, 0.2) is 18.5 Å². The first kappa shape index (κ1) is 11.6. The van der Waals surface area contributed by atoms with Gasteiger partial charge in [-0.3, -0.25) is 14.0 Å². The van der Waals surface area contributed by atoms with Crippen LogP contribution in [0.5, 0.6) is 0 Å². The molecule has 0 spiro atoms. The van der Waals surface area contributed by atoms with E-state index in [1.807, 2.05) is 0 Å². The van der Waals surface area contributed by atoms with Gasteiger partial charge in [0.1, 0.15) is 0 Å². The fourth-order valence-electron chi connectivity index (χ4n) is 0.998. The maximum Gasteiger partial charge on any atom is 0.254 e. The highest BCUT2D eigenvalue weighted by Gasteiger charge is 2.08. The number of hydrogen-bond donors (Lipinski definition) is 2. The average Bonchev–Trinajstić information content (AvgIpc) is 2.17. The molecular formula is C9H13N3O2S. The molecule has 1 aromatic heterocycles. The van der Waals surface area contributed by atoms with E-state index in [-0.39, 0.29) is 5.91 Å². The van der Waals surface area contributed by atoms with Gasteiger partial charge in [-0.05, 0) is 6.07 Å². The molecule has 0 aliphatic heterocycles. The minimum Gasteiger partial charge on any atom is -0.398 e. The van der Waals surface area contributed by atoms with E-state index in [0.29, 0.717) is 23.5 Å². The Morgan fingerprint density at radius 2 is 2.40 bits per heavy atom. The van der Waals surface area contributed by atoms with Gasteiger partial charge in [0.05, 0.1) is 5.56 Å². The van der Waals surface area contributed by atoms with Crippen molar-refractivity contribution >= 4 is 22.4 Å². The Balaban J connectivity index is 2.54. The first-order valence-corrected chi connectivity index (χ1v) is 6.11. The third-order valence-corrected chi connectivity index (χ3v) is 2.55. The lowest BCUT2D eigenvalue weighted by Crippen LogP contribution is -2.28. The molecule has 1 rings (SSSR count). The molecule has 0 aliphatic rings. The number of rotatable bonds is 4. The SMILES string of the molecule is CS(=O)CCNC(=O)c1cnccc1N. The first-order chi connectivity index (χ1) is 7.11. The predicted molar refractivity (Wildman–Crippen MR) is 59.9 cm³/mol. The zero-order chi connectivity index (χ0) is 11.3. The largest absolute Gasteiger partial charge is 0.398 e. The fourth-order valence-corrected chi connectivity index (χ4v) is 1.39. The number of hydrogen-bond acceptors (Lipinski definition) is 4. The van der Waals surface area contributed by atoms with E-state index >= 15 is 0 Å². The second-order valence-electron chi connectivity index (χ2n) is 3.00. The maximum absolute atomic E-state index is 11.5. The molecule has 0 aromatic carbocycles. The Hall–Kier alpha value is -1.43. The van der Waals surface area contributed by atoms with Crippen molar-refractivity contribution < 1.29 is 9.00 Å². The van der Waals surface area contributed by atoms with Gasteiger partial charge in [0.15, 0.2) is 0 Å². The number of anilines is 1. The molecule has 1 aromatic rings. The van der Waals surface area contributed by atoms with E-state index in [1.165, 1.54) is 12.4 Å². The van der Waals surface area contributed by atoms with E-state index in [2.05, 4.69) is 10.3 Å². The third kappa shape index (κ3) is 3.67. The number of carbonyl (C=O) groups is 1. The van der Waals surface area contributed by atoms with Gasteiger partial charge in [-0.25, -0.2) is 0 Å². The summed E-state index contributed by atoms with van der Waals surface area (Å²) in [6, 6.07) is 1.56. The van der Waals surface area contributed by atoms with E-state index in [4.69, 9.17) is 5.73 Å². The van der Waals surface area contributed by atoms with Crippen LogP contribution in [0.3, 0.4) is 0 Å². The molecule has 6 heteroatoms. The van der Waals surface area contributed by atoms with Crippen LogP contribution in [0.1, 0.15) is 10.4 Å². The van der Waals surface area contributed by atoms with Gasteiger partial charge in [-0.2, -0.15) is 0 Å². The van der Waals surface area contributed by atoms with E-state index in [9.17, 15) is 9.00 Å². The monoisotopic (exact) mass is 227 g/mol. The van der Waals surface area contributed by atoms with Crippen LogP contribution in [0.4, 0.5) is 5.69 Å². The Kier molecular flexibility index (Phi) is 4.23. The van der Waals surface area contributed by atoms with E-state index in [1.54, 1.807) is 12.3 Å². The molecule has 82 valence electrons. The summed E-state index contributed by atoms with van der Waals surface area (Å²) in [7, 11) is -0.905. The lowest BCUT2D eigenvalue weighted by Gasteiger charge is -2.05. The molecule has 0 bridgehead atoms. The summed E-state index contributed by atoms with van der Waals surface area (Å²) < 4.78 is 10.8. The standard InChI is InChI=1S/C9H13N3O2S/c1-15(14)5-4-12-9(13)7-6-11-3-2-8(7)10/h2-3,6H,4-5H2,1H3,(H2,10,11)(H,12,13). The van der Waals surface area contributed by atoms with Gasteiger partial charge in [0.2, 0.25) is 0 Å². The molecule has 15 heavy (non-hydrogen) atoms. The molecule has 1 heterocycles. The van der Waals surface area contributed by atoms with Crippen LogP contribution in [0.25, 0.3) is 0 Å². The number of amides is 1. The van der Waals surface area contributed by atoms with Gasteiger partial charge in [-0.15, -0.1) is 0 Å². The molecule has 0 fully saturated rings. The molecule has 0 radical (unpaired) electrons. The molecule has 1 unspecified atom stereocenters. The second kappa shape index (κ2) is 5.45. The minimum absolute atomic E-state index is 0.286. The number of nitrogens with two attached hydrogens (primary N) is 1. The molecular weight excluding hydrogens is 214 g/mol. The molecule has 0 saturated carbocycles. The van der Waals surface area contributed by atoms with Crippen LogP contribution < -0.4 is 11.1 Å². The summed E-state index contributed by atoms with van der Waals surface area (Å²) in [6.45, 7) is 0.371. The molecule has 0 saturated heterocycles. The van der Waals surface area contributed by atoms with Crippen LogP contribution in [-0.2, 0) is 10.8 Å². The van der Waals surface area contributed by atoms with E-state index < -0.39 is 10.8 Å². The summed E-state index contributed by atoms with van der Waals surface area (Å²) in [5, 5.41) is 2.62. The highest BCUT2D eigenvalue weighted by Crippen LogP contribution is 2.07. The first-order valence-electron chi connectivity index (χ1n) is 4.39. The Bertz CT molecular complexity index is 381. The van der Waals surface area contributed by atoms with Crippen molar-refractivity contribution in [3.05, 3.63) is 24.0 Å². The van der Waals surface area contributed by atoms with Gasteiger partial charge in [0, 0.05) is 47.4 Å². The zero-order valence-corrected chi connectivity index (χ0v) is 9.21. The number of nitrogen functional groups attached to an aromatic ring is 1. The molecule has 5 nitrogen and oxygen atoms in total. The van der Waals surface area contributed by atoms with Gasteiger partial charge in [0.25, 0.3) is 5.91 Å². The Labute approximate surface area is 90.5 Å². The highest BCUT2D eigenvalue weighted by molar-refractivity contribution is 7.84. The van der Waals surface area contributed by atoms with Gasteiger partial charge >= 0.3 is 0 Å². The van der Waals surface area contributed by atoms with Crippen molar-refractivity contribution in [1.82, 2.24) is 10.3 Å². The van der Waals surface area contributed by atoms with E-state index in [0.717, 1.165) is 0 Å². The average molecular weight is 227 g/mol.